The van der Waals surface area contributed by atoms with Crippen molar-refractivity contribution in [3.05, 3.63) is 58.9 Å². The number of hydrogen-bond donors (Lipinski definition) is 0. The van der Waals surface area contributed by atoms with Gasteiger partial charge in [-0.05, 0) is 49.4 Å². The summed E-state index contributed by atoms with van der Waals surface area (Å²) in [4.78, 5) is 15.0. The summed E-state index contributed by atoms with van der Waals surface area (Å²) < 4.78 is 40.1. The van der Waals surface area contributed by atoms with Crippen molar-refractivity contribution >= 4 is 5.78 Å². The molecule has 0 spiro atoms. The van der Waals surface area contributed by atoms with E-state index in [1.165, 1.54) is 13.2 Å². The normalized spacial score (nSPS) is 20.8. The Bertz CT molecular complexity index is 938. The lowest BCUT2D eigenvalue weighted by atomic mass is 9.82. The van der Waals surface area contributed by atoms with E-state index in [1.54, 1.807) is 25.3 Å². The maximum Gasteiger partial charge on any atom is 0.166 e. The fourth-order valence-electron chi connectivity index (χ4n) is 4.69. The first kappa shape index (κ1) is 20.8. The number of carbonyl (C=O) groups excluding carboxylic acids is 1. The van der Waals surface area contributed by atoms with E-state index in [-0.39, 0.29) is 23.9 Å². The molecule has 1 heterocycles. The Hall–Kier alpha value is -2.47. The van der Waals surface area contributed by atoms with Crippen LogP contribution >= 0.6 is 0 Å². The number of rotatable bonds is 6. The molecule has 1 unspecified atom stereocenters. The Morgan fingerprint density at radius 1 is 1.10 bits per heavy atom. The van der Waals surface area contributed by atoms with Crippen LogP contribution in [0.3, 0.4) is 0 Å². The summed E-state index contributed by atoms with van der Waals surface area (Å²) in [6.45, 7) is 1.59. The van der Waals surface area contributed by atoms with Gasteiger partial charge in [0.25, 0.3) is 0 Å². The summed E-state index contributed by atoms with van der Waals surface area (Å²) in [5.41, 5.74) is 0.761. The van der Waals surface area contributed by atoms with Crippen molar-refractivity contribution in [1.82, 2.24) is 4.90 Å². The van der Waals surface area contributed by atoms with Crippen LogP contribution in [0.1, 0.15) is 40.7 Å². The number of methoxy groups -OCH3 is 2. The van der Waals surface area contributed by atoms with E-state index >= 15 is 4.39 Å². The largest absolute Gasteiger partial charge is 0.493 e. The molecule has 2 aromatic rings. The Kier molecular flexibility index (Phi) is 5.78. The highest BCUT2D eigenvalue weighted by molar-refractivity contribution is 6.03. The predicted octanol–water partition coefficient (Wildman–Crippen LogP) is 4.59. The molecule has 2 aliphatic rings. The Morgan fingerprint density at radius 3 is 2.43 bits per heavy atom. The van der Waals surface area contributed by atoms with Gasteiger partial charge in [-0.1, -0.05) is 18.2 Å². The number of likely N-dealkylation sites (tertiary alicyclic amines) is 1. The van der Waals surface area contributed by atoms with Crippen molar-refractivity contribution in [2.75, 3.05) is 27.3 Å². The van der Waals surface area contributed by atoms with Gasteiger partial charge in [0.15, 0.2) is 17.3 Å². The van der Waals surface area contributed by atoms with Crippen LogP contribution in [0.2, 0.25) is 0 Å². The molecule has 1 aliphatic carbocycles. The summed E-state index contributed by atoms with van der Waals surface area (Å²) in [5.74, 6) is 0.495. The van der Waals surface area contributed by atoms with Crippen LogP contribution in [0.25, 0.3) is 0 Å². The molecule has 6 heteroatoms. The first-order chi connectivity index (χ1) is 14.4. The van der Waals surface area contributed by atoms with Gasteiger partial charge in [0.2, 0.25) is 0 Å². The quantitative estimate of drug-likeness (QED) is 0.692. The van der Waals surface area contributed by atoms with Crippen LogP contribution in [0, 0.1) is 11.7 Å². The van der Waals surface area contributed by atoms with Crippen LogP contribution in [-0.4, -0.2) is 43.7 Å². The van der Waals surface area contributed by atoms with Crippen LogP contribution < -0.4 is 9.47 Å². The molecular formula is C24H27F2NO3. The van der Waals surface area contributed by atoms with Crippen LogP contribution in [0.4, 0.5) is 8.78 Å². The number of halogens is 2. The number of hydrogen-bond acceptors (Lipinski definition) is 4. The maximum atomic E-state index is 15.6. The van der Waals surface area contributed by atoms with Gasteiger partial charge in [0.1, 0.15) is 11.5 Å². The lowest BCUT2D eigenvalue weighted by molar-refractivity contribution is 0.0333. The monoisotopic (exact) mass is 415 g/mol. The summed E-state index contributed by atoms with van der Waals surface area (Å²) >= 11 is 0. The standard InChI is InChI=1S/C24H27F2NO3/c1-29-21-12-17-11-18(23(28)19(17)13-22(21)30-2)14-24(26)7-9-27(10-8-24)15-16-5-3-4-6-20(16)25/h3-6,12-13,18H,7-11,14-15H2,1-2H3. The number of ether oxygens (including phenoxy) is 2. The molecule has 4 nitrogen and oxygen atoms in total. The summed E-state index contributed by atoms with van der Waals surface area (Å²) in [6.07, 6.45) is 1.46. The van der Waals surface area contributed by atoms with E-state index in [0.29, 0.717) is 61.5 Å². The second kappa shape index (κ2) is 8.34. The fraction of sp³-hybridized carbons (Fsp3) is 0.458. The maximum absolute atomic E-state index is 15.6. The van der Waals surface area contributed by atoms with E-state index in [0.717, 1.165) is 5.56 Å². The summed E-state index contributed by atoms with van der Waals surface area (Å²) in [5, 5.41) is 0. The first-order valence-corrected chi connectivity index (χ1v) is 10.4. The highest BCUT2D eigenvalue weighted by Crippen LogP contribution is 2.42. The van der Waals surface area contributed by atoms with Gasteiger partial charge in [0.05, 0.1) is 14.2 Å². The first-order valence-electron chi connectivity index (χ1n) is 10.4. The molecule has 4 rings (SSSR count). The number of fused-ring (bicyclic) bond motifs is 1. The zero-order valence-corrected chi connectivity index (χ0v) is 17.4. The van der Waals surface area contributed by atoms with Gasteiger partial charge in [-0.2, -0.15) is 0 Å². The van der Waals surface area contributed by atoms with Gasteiger partial charge in [-0.25, -0.2) is 8.78 Å². The van der Waals surface area contributed by atoms with Crippen molar-refractivity contribution in [3.8, 4) is 11.5 Å². The highest BCUT2D eigenvalue weighted by Gasteiger charge is 2.42. The summed E-state index contributed by atoms with van der Waals surface area (Å²) in [6, 6.07) is 10.2. The topological polar surface area (TPSA) is 38.8 Å². The van der Waals surface area contributed by atoms with E-state index < -0.39 is 5.67 Å². The molecule has 0 aromatic heterocycles. The van der Waals surface area contributed by atoms with Gasteiger partial charge in [0, 0.05) is 36.7 Å². The number of Topliss-reactive ketones (excluding diaryl/α,β-unsaturated/α-hetero) is 1. The molecule has 0 saturated carbocycles. The predicted molar refractivity (Wildman–Crippen MR) is 110 cm³/mol. The number of benzene rings is 2. The lowest BCUT2D eigenvalue weighted by Crippen LogP contribution is -2.43. The fourth-order valence-corrected chi connectivity index (χ4v) is 4.69. The van der Waals surface area contributed by atoms with Crippen molar-refractivity contribution in [2.24, 2.45) is 5.92 Å². The zero-order valence-electron chi connectivity index (χ0n) is 17.4. The number of piperidine rings is 1. The molecule has 160 valence electrons. The van der Waals surface area contributed by atoms with Crippen molar-refractivity contribution < 1.29 is 23.0 Å². The molecule has 1 aliphatic heterocycles. The average molecular weight is 415 g/mol. The SMILES string of the molecule is COc1cc2c(cc1OC)C(=O)C(CC1(F)CCN(Cc3ccccc3F)CC1)C2. The molecule has 0 radical (unpaired) electrons. The van der Waals surface area contributed by atoms with Gasteiger partial charge in [-0.15, -0.1) is 0 Å². The minimum absolute atomic E-state index is 0.0169. The minimum Gasteiger partial charge on any atom is -0.493 e. The number of carbonyl (C=O) groups is 1. The Labute approximate surface area is 175 Å². The third-order valence-electron chi connectivity index (χ3n) is 6.43. The second-order valence-corrected chi connectivity index (χ2v) is 8.35. The third-order valence-corrected chi connectivity index (χ3v) is 6.43. The number of alkyl halides is 1. The van der Waals surface area contributed by atoms with E-state index in [1.807, 2.05) is 12.1 Å². The minimum atomic E-state index is -1.37. The molecule has 30 heavy (non-hydrogen) atoms. The molecule has 1 atom stereocenters. The highest BCUT2D eigenvalue weighted by atomic mass is 19.1. The van der Waals surface area contributed by atoms with Crippen LogP contribution in [-0.2, 0) is 13.0 Å². The molecule has 2 aromatic carbocycles. The Balaban J connectivity index is 1.39. The summed E-state index contributed by atoms with van der Waals surface area (Å²) in [7, 11) is 3.09. The van der Waals surface area contributed by atoms with Crippen molar-refractivity contribution in [2.45, 2.75) is 37.9 Å². The molecule has 0 amide bonds. The molecule has 1 fully saturated rings. The van der Waals surface area contributed by atoms with E-state index in [4.69, 9.17) is 9.47 Å². The van der Waals surface area contributed by atoms with Gasteiger partial charge < -0.3 is 9.47 Å². The average Bonchev–Trinajstić information content (AvgIpc) is 3.04. The van der Waals surface area contributed by atoms with Crippen molar-refractivity contribution in [1.29, 1.82) is 0 Å². The number of nitrogens with zero attached hydrogens (tertiary/aromatic N) is 1. The van der Waals surface area contributed by atoms with E-state index in [2.05, 4.69) is 4.90 Å². The van der Waals surface area contributed by atoms with Gasteiger partial charge in [-0.3, -0.25) is 9.69 Å². The molecular weight excluding hydrogens is 388 g/mol. The van der Waals surface area contributed by atoms with Gasteiger partial charge >= 0.3 is 0 Å². The van der Waals surface area contributed by atoms with E-state index in [9.17, 15) is 9.18 Å². The zero-order chi connectivity index (χ0) is 21.3. The second-order valence-electron chi connectivity index (χ2n) is 8.35. The smallest absolute Gasteiger partial charge is 0.166 e. The molecule has 0 bridgehead atoms. The number of ketones is 1. The Morgan fingerprint density at radius 2 is 1.77 bits per heavy atom. The third kappa shape index (κ3) is 4.06. The van der Waals surface area contributed by atoms with Crippen LogP contribution in [0.15, 0.2) is 36.4 Å². The molecule has 0 N–H and O–H groups in total. The lowest BCUT2D eigenvalue weighted by Gasteiger charge is -2.37. The molecule has 1 saturated heterocycles. The van der Waals surface area contributed by atoms with Crippen molar-refractivity contribution in [3.63, 3.8) is 0 Å². The van der Waals surface area contributed by atoms with Crippen LogP contribution in [0.5, 0.6) is 11.5 Å².